The Kier molecular flexibility index (Phi) is 5.76. The standard InChI is InChI=1S/C21H23NO5/c1-13(2)27-19-7-6-16(21(24)25)11-18(19)22-20(23)15-5-3-4-14(10-15)17-8-9-26-12-17/h3-7,10-11,13,17H,8-9,12H2,1-2H3,(H,22,23)(H,24,25). The van der Waals surface area contributed by atoms with Crippen LogP contribution >= 0.6 is 0 Å². The van der Waals surface area contributed by atoms with Crippen LogP contribution in [0.5, 0.6) is 5.75 Å². The summed E-state index contributed by atoms with van der Waals surface area (Å²) in [5.41, 5.74) is 2.00. The number of amides is 1. The van der Waals surface area contributed by atoms with Gasteiger partial charge in [-0.05, 0) is 56.2 Å². The maximum atomic E-state index is 12.8. The number of carboxylic acid groups (broad SMARTS) is 1. The first-order valence-corrected chi connectivity index (χ1v) is 8.97. The molecule has 0 bridgehead atoms. The molecule has 2 aromatic rings. The molecule has 6 nitrogen and oxygen atoms in total. The Morgan fingerprint density at radius 3 is 2.67 bits per heavy atom. The minimum absolute atomic E-state index is 0.0817. The number of anilines is 1. The maximum Gasteiger partial charge on any atom is 0.335 e. The molecule has 2 N–H and O–H groups in total. The zero-order chi connectivity index (χ0) is 19.4. The van der Waals surface area contributed by atoms with Crippen LogP contribution in [0.1, 0.15) is 52.5 Å². The highest BCUT2D eigenvalue weighted by atomic mass is 16.5. The number of carbonyl (C=O) groups is 2. The van der Waals surface area contributed by atoms with Gasteiger partial charge in [-0.25, -0.2) is 4.79 Å². The van der Waals surface area contributed by atoms with Crippen molar-refractivity contribution < 1.29 is 24.2 Å². The SMILES string of the molecule is CC(C)Oc1ccc(C(=O)O)cc1NC(=O)c1cccc(C2CCOC2)c1. The molecule has 1 heterocycles. The second-order valence-electron chi connectivity index (χ2n) is 6.82. The number of aromatic carboxylic acids is 1. The van der Waals surface area contributed by atoms with Gasteiger partial charge in [0.1, 0.15) is 5.75 Å². The number of benzene rings is 2. The number of rotatable bonds is 6. The lowest BCUT2D eigenvalue weighted by molar-refractivity contribution is 0.0696. The second kappa shape index (κ2) is 8.22. The van der Waals surface area contributed by atoms with Gasteiger partial charge in [0.15, 0.2) is 0 Å². The van der Waals surface area contributed by atoms with Crippen molar-refractivity contribution in [1.29, 1.82) is 0 Å². The second-order valence-corrected chi connectivity index (χ2v) is 6.82. The van der Waals surface area contributed by atoms with Gasteiger partial charge >= 0.3 is 5.97 Å². The van der Waals surface area contributed by atoms with Crippen LogP contribution in [0.15, 0.2) is 42.5 Å². The van der Waals surface area contributed by atoms with Crippen molar-refractivity contribution in [2.24, 2.45) is 0 Å². The minimum Gasteiger partial charge on any atom is -0.489 e. The summed E-state index contributed by atoms with van der Waals surface area (Å²) in [6.07, 6.45) is 0.833. The van der Waals surface area contributed by atoms with Crippen molar-refractivity contribution in [3.63, 3.8) is 0 Å². The van der Waals surface area contributed by atoms with Gasteiger partial charge < -0.3 is 19.9 Å². The van der Waals surface area contributed by atoms with Gasteiger partial charge in [-0.15, -0.1) is 0 Å². The summed E-state index contributed by atoms with van der Waals surface area (Å²) >= 11 is 0. The Bertz CT molecular complexity index is 840. The number of carbonyl (C=O) groups excluding carboxylic acids is 1. The minimum atomic E-state index is -1.06. The van der Waals surface area contributed by atoms with Crippen LogP contribution in [0.4, 0.5) is 5.69 Å². The van der Waals surface area contributed by atoms with E-state index in [1.807, 2.05) is 32.0 Å². The topological polar surface area (TPSA) is 84.9 Å². The first kappa shape index (κ1) is 18.9. The van der Waals surface area contributed by atoms with Crippen LogP contribution in [-0.2, 0) is 4.74 Å². The molecule has 3 rings (SSSR count). The van der Waals surface area contributed by atoms with Crippen molar-refractivity contribution >= 4 is 17.6 Å². The third-order valence-electron chi connectivity index (χ3n) is 4.39. The smallest absolute Gasteiger partial charge is 0.335 e. The molecule has 1 fully saturated rings. The zero-order valence-electron chi connectivity index (χ0n) is 15.4. The summed E-state index contributed by atoms with van der Waals surface area (Å²) in [5.74, 6) is -0.645. The van der Waals surface area contributed by atoms with Crippen LogP contribution in [0, 0.1) is 0 Å². The summed E-state index contributed by atoms with van der Waals surface area (Å²) in [6, 6.07) is 11.9. The highest BCUT2D eigenvalue weighted by Crippen LogP contribution is 2.29. The molecule has 6 heteroatoms. The van der Waals surface area contributed by atoms with Gasteiger partial charge in [0.05, 0.1) is 24.0 Å². The van der Waals surface area contributed by atoms with Gasteiger partial charge in [0.2, 0.25) is 0 Å². The van der Waals surface area contributed by atoms with Crippen molar-refractivity contribution in [2.75, 3.05) is 18.5 Å². The third kappa shape index (κ3) is 4.65. The van der Waals surface area contributed by atoms with Gasteiger partial charge in [-0.1, -0.05) is 12.1 Å². The molecule has 1 unspecified atom stereocenters. The third-order valence-corrected chi connectivity index (χ3v) is 4.39. The molecule has 142 valence electrons. The van der Waals surface area contributed by atoms with Crippen LogP contribution < -0.4 is 10.1 Å². The van der Waals surface area contributed by atoms with E-state index in [9.17, 15) is 14.7 Å². The van der Waals surface area contributed by atoms with E-state index in [1.165, 1.54) is 12.1 Å². The fraction of sp³-hybridized carbons (Fsp3) is 0.333. The summed E-state index contributed by atoms with van der Waals surface area (Å²) in [7, 11) is 0. The number of nitrogens with one attached hydrogen (secondary N) is 1. The van der Waals surface area contributed by atoms with E-state index < -0.39 is 5.97 Å². The normalized spacial score (nSPS) is 16.3. The summed E-state index contributed by atoms with van der Waals surface area (Å²) < 4.78 is 11.1. The molecular weight excluding hydrogens is 346 g/mol. The molecule has 0 radical (unpaired) electrons. The van der Waals surface area contributed by atoms with Gasteiger partial charge in [-0.3, -0.25) is 4.79 Å². The predicted octanol–water partition coefficient (Wildman–Crippen LogP) is 3.93. The average molecular weight is 369 g/mol. The van der Waals surface area contributed by atoms with Gasteiger partial charge in [0.25, 0.3) is 5.91 Å². The molecule has 1 saturated heterocycles. The molecule has 1 amide bonds. The summed E-state index contributed by atoms with van der Waals surface area (Å²) in [6.45, 7) is 5.13. The molecule has 2 aromatic carbocycles. The Morgan fingerprint density at radius 1 is 1.19 bits per heavy atom. The van der Waals surface area contributed by atoms with E-state index in [-0.39, 0.29) is 17.6 Å². The summed E-state index contributed by atoms with van der Waals surface area (Å²) in [4.78, 5) is 24.0. The first-order chi connectivity index (χ1) is 12.9. The highest BCUT2D eigenvalue weighted by molar-refractivity contribution is 6.05. The molecule has 27 heavy (non-hydrogen) atoms. The van der Waals surface area contributed by atoms with Gasteiger partial charge in [-0.2, -0.15) is 0 Å². The predicted molar refractivity (Wildman–Crippen MR) is 102 cm³/mol. The molecule has 0 saturated carbocycles. The molecule has 1 aliphatic rings. The fourth-order valence-electron chi connectivity index (χ4n) is 3.04. The fourth-order valence-corrected chi connectivity index (χ4v) is 3.04. The van der Waals surface area contributed by atoms with Crippen molar-refractivity contribution in [3.8, 4) is 5.75 Å². The van der Waals surface area contributed by atoms with Crippen LogP contribution in [0.2, 0.25) is 0 Å². The number of hydrogen-bond donors (Lipinski definition) is 2. The molecule has 0 aromatic heterocycles. The number of hydrogen-bond acceptors (Lipinski definition) is 4. The van der Waals surface area contributed by atoms with E-state index in [0.717, 1.165) is 18.6 Å². The van der Waals surface area contributed by atoms with Crippen LogP contribution in [0.25, 0.3) is 0 Å². The monoisotopic (exact) mass is 369 g/mol. The quantitative estimate of drug-likeness (QED) is 0.806. The highest BCUT2D eigenvalue weighted by Gasteiger charge is 2.19. The van der Waals surface area contributed by atoms with Crippen molar-refractivity contribution in [1.82, 2.24) is 0 Å². The molecular formula is C21H23NO5. The molecule has 0 spiro atoms. The van der Waals surface area contributed by atoms with Gasteiger partial charge in [0, 0.05) is 18.1 Å². The Labute approximate surface area is 158 Å². The van der Waals surface area contributed by atoms with E-state index in [2.05, 4.69) is 5.32 Å². The number of ether oxygens (including phenoxy) is 2. The molecule has 1 atom stereocenters. The lowest BCUT2D eigenvalue weighted by atomic mass is 9.96. The van der Waals surface area contributed by atoms with E-state index in [0.29, 0.717) is 29.5 Å². The van der Waals surface area contributed by atoms with Crippen molar-refractivity contribution in [2.45, 2.75) is 32.3 Å². The average Bonchev–Trinajstić information content (AvgIpc) is 3.17. The lowest BCUT2D eigenvalue weighted by Crippen LogP contribution is -2.15. The Balaban J connectivity index is 1.85. The lowest BCUT2D eigenvalue weighted by Gasteiger charge is -2.16. The number of carboxylic acids is 1. The van der Waals surface area contributed by atoms with Crippen LogP contribution in [-0.4, -0.2) is 36.3 Å². The Morgan fingerprint density at radius 2 is 2.00 bits per heavy atom. The Hall–Kier alpha value is -2.86. The largest absolute Gasteiger partial charge is 0.489 e. The maximum absolute atomic E-state index is 12.8. The first-order valence-electron chi connectivity index (χ1n) is 8.97. The van der Waals surface area contributed by atoms with E-state index >= 15 is 0 Å². The van der Waals surface area contributed by atoms with Crippen LogP contribution in [0.3, 0.4) is 0 Å². The van der Waals surface area contributed by atoms with E-state index in [1.54, 1.807) is 12.1 Å². The zero-order valence-corrected chi connectivity index (χ0v) is 15.4. The summed E-state index contributed by atoms with van der Waals surface area (Å²) in [5, 5.41) is 12.0. The molecule has 1 aliphatic heterocycles. The molecule has 0 aliphatic carbocycles. The van der Waals surface area contributed by atoms with E-state index in [4.69, 9.17) is 9.47 Å². The van der Waals surface area contributed by atoms with Crippen molar-refractivity contribution in [3.05, 3.63) is 59.2 Å².